The fraction of sp³-hybridized carbons (Fsp3) is 0.211. The molecule has 1 fully saturated rings. The Bertz CT molecular complexity index is 1150. The van der Waals surface area contributed by atoms with E-state index < -0.39 is 10.0 Å². The van der Waals surface area contributed by atoms with Gasteiger partial charge in [-0.2, -0.15) is 13.5 Å². The topological polar surface area (TPSA) is 83.7 Å². The van der Waals surface area contributed by atoms with Crippen LogP contribution in [0.5, 0.6) is 0 Å². The summed E-state index contributed by atoms with van der Waals surface area (Å²) in [7, 11) is -3.59. The molecule has 0 aliphatic carbocycles. The molecular weight excluding hydrogens is 376 g/mol. The van der Waals surface area contributed by atoms with Gasteiger partial charge in [-0.25, -0.2) is 9.67 Å². The first-order valence-corrected chi connectivity index (χ1v) is 10.5. The van der Waals surface area contributed by atoms with Gasteiger partial charge in [0.1, 0.15) is 10.7 Å². The Morgan fingerprint density at radius 3 is 2.36 bits per heavy atom. The third-order valence-electron chi connectivity index (χ3n) is 4.97. The van der Waals surface area contributed by atoms with E-state index in [1.807, 2.05) is 47.5 Å². The summed E-state index contributed by atoms with van der Waals surface area (Å²) < 4.78 is 30.4. The number of rotatable bonds is 2. The second-order valence-electron chi connectivity index (χ2n) is 6.66. The molecule has 0 unspecified atom stereocenters. The molecule has 0 radical (unpaired) electrons. The summed E-state index contributed by atoms with van der Waals surface area (Å²) in [4.78, 5) is 9.23. The van der Waals surface area contributed by atoms with E-state index in [1.165, 1.54) is 0 Å². The van der Waals surface area contributed by atoms with Crippen LogP contribution >= 0.6 is 0 Å². The number of hydrogen-bond acceptors (Lipinski definition) is 6. The molecule has 0 atom stereocenters. The van der Waals surface area contributed by atoms with Crippen molar-refractivity contribution in [3.63, 3.8) is 0 Å². The van der Waals surface area contributed by atoms with Gasteiger partial charge in [-0.1, -0.05) is 18.2 Å². The van der Waals surface area contributed by atoms with Gasteiger partial charge in [0.15, 0.2) is 11.7 Å². The van der Waals surface area contributed by atoms with Crippen LogP contribution in [0.1, 0.15) is 5.56 Å². The molecule has 0 bridgehead atoms. The average molecular weight is 394 g/mol. The van der Waals surface area contributed by atoms with Crippen LogP contribution in [0.15, 0.2) is 70.2 Å². The summed E-state index contributed by atoms with van der Waals surface area (Å²) in [6, 6.07) is 14.7. The Labute approximate surface area is 162 Å². The Kier molecular flexibility index (Phi) is 3.90. The Morgan fingerprint density at radius 1 is 0.821 bits per heavy atom. The molecule has 2 aliphatic rings. The number of anilines is 1. The maximum absolute atomic E-state index is 12.3. The molecule has 2 aliphatic heterocycles. The summed E-state index contributed by atoms with van der Waals surface area (Å²) in [5.74, 6) is 2.20. The highest BCUT2D eigenvalue weighted by molar-refractivity contribution is 7.90. The van der Waals surface area contributed by atoms with Crippen LogP contribution < -0.4 is 4.90 Å². The van der Waals surface area contributed by atoms with Crippen LogP contribution in [0, 0.1) is 0 Å². The highest BCUT2D eigenvalue weighted by Gasteiger charge is 2.33. The van der Waals surface area contributed by atoms with Gasteiger partial charge < -0.3 is 9.80 Å². The summed E-state index contributed by atoms with van der Waals surface area (Å²) in [5.41, 5.74) is 0.690. The maximum atomic E-state index is 12.3. The lowest BCUT2D eigenvalue weighted by Crippen LogP contribution is -2.49. The molecule has 1 aromatic carbocycles. The fourth-order valence-corrected chi connectivity index (χ4v) is 4.81. The van der Waals surface area contributed by atoms with Gasteiger partial charge in [-0.3, -0.25) is 0 Å². The minimum atomic E-state index is -3.59. The highest BCUT2D eigenvalue weighted by atomic mass is 32.2. The number of pyridine rings is 1. The Balaban J connectivity index is 1.35. The molecule has 5 rings (SSSR count). The molecule has 0 amide bonds. The predicted octanol–water partition coefficient (Wildman–Crippen LogP) is 1.54. The van der Waals surface area contributed by atoms with Crippen molar-refractivity contribution in [1.82, 2.24) is 19.7 Å². The molecule has 2 aromatic heterocycles. The molecule has 4 heterocycles. The zero-order chi connectivity index (χ0) is 19.1. The van der Waals surface area contributed by atoms with E-state index in [0.29, 0.717) is 29.4 Å². The molecule has 0 saturated carbocycles. The average Bonchev–Trinajstić information content (AvgIpc) is 3.36. The van der Waals surface area contributed by atoms with Gasteiger partial charge in [-0.05, 0) is 30.3 Å². The van der Waals surface area contributed by atoms with Crippen LogP contribution in [0.25, 0.3) is 5.82 Å². The number of hydrogen-bond donors (Lipinski definition) is 0. The van der Waals surface area contributed by atoms with Crippen LogP contribution in [0.4, 0.5) is 5.82 Å². The lowest BCUT2D eigenvalue weighted by atomic mass is 10.1. The molecule has 0 N–H and O–H groups in total. The molecule has 8 nitrogen and oxygen atoms in total. The van der Waals surface area contributed by atoms with Crippen molar-refractivity contribution < 1.29 is 8.42 Å². The van der Waals surface area contributed by atoms with Crippen LogP contribution in [-0.2, 0) is 10.0 Å². The monoisotopic (exact) mass is 394 g/mol. The lowest BCUT2D eigenvalue weighted by Gasteiger charge is -2.36. The first-order valence-electron chi connectivity index (χ1n) is 9.03. The molecule has 0 spiro atoms. The maximum Gasteiger partial charge on any atom is 0.285 e. The third kappa shape index (κ3) is 2.84. The number of fused-ring (bicyclic) bond motifs is 1. The van der Waals surface area contributed by atoms with E-state index in [-0.39, 0.29) is 0 Å². The fourth-order valence-electron chi connectivity index (χ4n) is 3.58. The molecular formula is C19H18N6O2S. The SMILES string of the molecule is O=S1(=O)N=C(N2CCN(c3cccc(-n4cccn4)n3)CC2)c2ccccc21. The van der Waals surface area contributed by atoms with E-state index in [0.717, 1.165) is 24.7 Å². The number of benzene rings is 1. The van der Waals surface area contributed by atoms with Crippen LogP contribution in [0.2, 0.25) is 0 Å². The third-order valence-corrected chi connectivity index (χ3v) is 6.30. The van der Waals surface area contributed by atoms with E-state index in [1.54, 1.807) is 23.0 Å². The molecule has 28 heavy (non-hydrogen) atoms. The van der Waals surface area contributed by atoms with Crippen molar-refractivity contribution in [2.75, 3.05) is 31.1 Å². The Hall–Kier alpha value is -3.20. The van der Waals surface area contributed by atoms with Gasteiger partial charge in [0.2, 0.25) is 0 Å². The summed E-state index contributed by atoms with van der Waals surface area (Å²) in [5, 5.41) is 4.23. The second kappa shape index (κ2) is 6.45. The van der Waals surface area contributed by atoms with Crippen molar-refractivity contribution in [3.05, 3.63) is 66.5 Å². The van der Waals surface area contributed by atoms with E-state index in [9.17, 15) is 8.42 Å². The van der Waals surface area contributed by atoms with E-state index >= 15 is 0 Å². The van der Waals surface area contributed by atoms with Crippen molar-refractivity contribution >= 4 is 21.7 Å². The van der Waals surface area contributed by atoms with Gasteiger partial charge in [0.25, 0.3) is 10.0 Å². The zero-order valence-corrected chi connectivity index (χ0v) is 15.8. The first-order chi connectivity index (χ1) is 13.6. The van der Waals surface area contributed by atoms with Crippen molar-refractivity contribution in [2.24, 2.45) is 4.40 Å². The molecule has 9 heteroatoms. The number of piperazine rings is 1. The zero-order valence-electron chi connectivity index (χ0n) is 15.0. The van der Waals surface area contributed by atoms with Gasteiger partial charge in [0, 0.05) is 44.1 Å². The van der Waals surface area contributed by atoms with Crippen LogP contribution in [-0.4, -0.2) is 60.1 Å². The normalized spacial score (nSPS) is 18.1. The summed E-state index contributed by atoms with van der Waals surface area (Å²) in [6.07, 6.45) is 3.58. The standard InChI is InChI=1S/C19H18N6O2S/c26-28(27)16-6-2-1-5-15(16)19(22-28)24-13-11-23(12-14-24)17-7-3-8-18(21-17)25-10-4-9-20-25/h1-10H,11-14H2. The van der Waals surface area contributed by atoms with E-state index in [4.69, 9.17) is 4.98 Å². The van der Waals surface area contributed by atoms with Gasteiger partial charge >= 0.3 is 0 Å². The predicted molar refractivity (Wildman–Crippen MR) is 105 cm³/mol. The highest BCUT2D eigenvalue weighted by Crippen LogP contribution is 2.28. The molecule has 142 valence electrons. The van der Waals surface area contributed by atoms with E-state index in [2.05, 4.69) is 14.4 Å². The van der Waals surface area contributed by atoms with Crippen LogP contribution in [0.3, 0.4) is 0 Å². The lowest BCUT2D eigenvalue weighted by molar-refractivity contribution is 0.386. The molecule has 3 aromatic rings. The number of nitrogens with zero attached hydrogens (tertiary/aromatic N) is 6. The van der Waals surface area contributed by atoms with Gasteiger partial charge in [0.05, 0.1) is 0 Å². The van der Waals surface area contributed by atoms with Crippen molar-refractivity contribution in [1.29, 1.82) is 0 Å². The Morgan fingerprint density at radius 2 is 1.57 bits per heavy atom. The minimum absolute atomic E-state index is 0.293. The second-order valence-corrected chi connectivity index (χ2v) is 8.24. The summed E-state index contributed by atoms with van der Waals surface area (Å²) in [6.45, 7) is 2.82. The number of aromatic nitrogens is 3. The molecule has 1 saturated heterocycles. The van der Waals surface area contributed by atoms with Crippen molar-refractivity contribution in [2.45, 2.75) is 4.90 Å². The number of sulfonamides is 1. The quantitative estimate of drug-likeness (QED) is 0.656. The largest absolute Gasteiger partial charge is 0.353 e. The minimum Gasteiger partial charge on any atom is -0.353 e. The van der Waals surface area contributed by atoms with Crippen molar-refractivity contribution in [3.8, 4) is 5.82 Å². The summed E-state index contributed by atoms with van der Waals surface area (Å²) >= 11 is 0. The first kappa shape index (κ1) is 16.9. The smallest absolute Gasteiger partial charge is 0.285 e. The number of amidine groups is 1. The van der Waals surface area contributed by atoms with Gasteiger partial charge in [-0.15, -0.1) is 4.40 Å².